The fourth-order valence-electron chi connectivity index (χ4n) is 7.46. The summed E-state index contributed by atoms with van der Waals surface area (Å²) < 4.78 is 62.7. The van der Waals surface area contributed by atoms with Gasteiger partial charge in [-0.3, -0.25) is 14.3 Å². The molecule has 0 radical (unpaired) electrons. The van der Waals surface area contributed by atoms with Gasteiger partial charge in [-0.1, -0.05) is 47.0 Å². The Balaban J connectivity index is 0.000000186. The minimum Gasteiger partial charge on any atom is -0.444 e. The maximum atomic E-state index is 13.6. The molecule has 3 fully saturated rings. The van der Waals surface area contributed by atoms with E-state index in [0.29, 0.717) is 34.4 Å². The molecule has 6 heterocycles. The van der Waals surface area contributed by atoms with Crippen molar-refractivity contribution in [1.29, 1.82) is 0 Å². The highest BCUT2D eigenvalue weighted by Gasteiger charge is 2.36. The quantitative estimate of drug-likeness (QED) is 0.134. The van der Waals surface area contributed by atoms with Crippen molar-refractivity contribution in [2.24, 2.45) is 11.8 Å². The number of benzene rings is 2. The fraction of sp³-hybridized carbons (Fsp3) is 0.319. The summed E-state index contributed by atoms with van der Waals surface area (Å²) in [6, 6.07) is 19.8. The molecule has 0 bridgehead atoms. The predicted octanol–water partition coefficient (Wildman–Crippen LogP) is 8.17. The lowest BCUT2D eigenvalue weighted by Gasteiger charge is -2.39. The molecule has 2 aromatic carbocycles. The van der Waals surface area contributed by atoms with Crippen molar-refractivity contribution in [3.05, 3.63) is 114 Å². The molecule has 2 N–H and O–H groups in total. The predicted molar refractivity (Wildman–Crippen MR) is 253 cm³/mol. The Morgan fingerprint density at radius 2 is 1.18 bits per heavy atom. The van der Waals surface area contributed by atoms with Crippen molar-refractivity contribution >= 4 is 83.3 Å². The highest BCUT2D eigenvalue weighted by Crippen LogP contribution is 2.36. The van der Waals surface area contributed by atoms with Gasteiger partial charge >= 0.3 is 6.09 Å². The number of amides is 3. The zero-order chi connectivity index (χ0) is 47.6. The first kappa shape index (κ1) is 45.6. The third-order valence-corrected chi connectivity index (χ3v) is 15.2. The second-order valence-corrected chi connectivity index (χ2v) is 22.2. The highest BCUT2D eigenvalue weighted by molar-refractivity contribution is 7.90. The largest absolute Gasteiger partial charge is 0.444 e. The maximum Gasteiger partial charge on any atom is 0.410 e. The number of fused-ring (bicyclic) bond motifs is 2. The van der Waals surface area contributed by atoms with Crippen LogP contribution in [0.5, 0.6) is 0 Å². The van der Waals surface area contributed by atoms with Gasteiger partial charge in [-0.25, -0.2) is 39.5 Å². The van der Waals surface area contributed by atoms with E-state index in [2.05, 4.69) is 25.7 Å². The van der Waals surface area contributed by atoms with Crippen LogP contribution in [-0.4, -0.2) is 86.0 Å². The van der Waals surface area contributed by atoms with Crippen LogP contribution in [0.4, 0.5) is 16.4 Å². The van der Waals surface area contributed by atoms with Crippen LogP contribution >= 0.6 is 11.6 Å². The molecule has 3 amide bonds. The standard InChI is InChI=1S/C29H32N6O5S.C18H16ClN3O3S/c1-18-5-9-22(10-6-18)41(38,39)35-12-11-23-24(13-25(31-26(23)35)32-27(36)19-7-8-19)20-14-30-34(15-20)21-16-33(17-21)28(37)40-29(2,3)4;1-11-2-6-13(7-3-11)26(24,25)22-9-8-14-15(19)10-16(20-17(14)22)21-18(23)12-4-5-12/h5-6,9-15,19,21H,7-8,16-17H2,1-4H3,(H,31,32,36);2-3,6-10,12H,4-5H2,1H3,(H,20,21,23). The van der Waals surface area contributed by atoms with Gasteiger partial charge in [-0.15, -0.1) is 0 Å². The first-order valence-electron chi connectivity index (χ1n) is 21.7. The molecule has 348 valence electrons. The number of likely N-dealkylation sites (tertiary alicyclic amines) is 1. The van der Waals surface area contributed by atoms with Gasteiger partial charge in [0.2, 0.25) is 11.8 Å². The zero-order valence-electron chi connectivity index (χ0n) is 37.3. The summed E-state index contributed by atoms with van der Waals surface area (Å²) in [5.74, 6) is 0.235. The van der Waals surface area contributed by atoms with Crippen LogP contribution in [0.1, 0.15) is 63.6 Å². The van der Waals surface area contributed by atoms with E-state index in [-0.39, 0.29) is 68.5 Å². The Morgan fingerprint density at radius 3 is 1.67 bits per heavy atom. The number of halogens is 1. The summed E-state index contributed by atoms with van der Waals surface area (Å²) in [5.41, 5.74) is 3.17. The fourth-order valence-corrected chi connectivity index (χ4v) is 10.3. The van der Waals surface area contributed by atoms with E-state index in [1.54, 1.807) is 82.5 Å². The molecule has 1 saturated heterocycles. The third kappa shape index (κ3) is 9.53. The van der Waals surface area contributed by atoms with Gasteiger partial charge in [0.1, 0.15) is 17.2 Å². The van der Waals surface area contributed by atoms with Gasteiger partial charge in [0, 0.05) is 65.9 Å². The monoisotopic (exact) mass is 965 g/mol. The second-order valence-electron chi connectivity index (χ2n) is 18.2. The molecule has 2 saturated carbocycles. The molecule has 20 heteroatoms. The molecule has 17 nitrogen and oxygen atoms in total. The van der Waals surface area contributed by atoms with Gasteiger partial charge in [0.25, 0.3) is 20.0 Å². The lowest BCUT2D eigenvalue weighted by Crippen LogP contribution is -2.52. The number of carbonyl (C=O) groups is 3. The van der Waals surface area contributed by atoms with Gasteiger partial charge in [0.05, 0.1) is 27.1 Å². The van der Waals surface area contributed by atoms with E-state index in [1.165, 1.54) is 18.5 Å². The Morgan fingerprint density at radius 1 is 0.701 bits per heavy atom. The molecular weight excluding hydrogens is 918 g/mol. The average molecular weight is 967 g/mol. The van der Waals surface area contributed by atoms with Gasteiger partial charge in [-0.2, -0.15) is 5.10 Å². The SMILES string of the molecule is Cc1ccc(S(=O)(=O)n2ccc3c(-c4cnn(C5CN(C(=O)OC(C)(C)C)C5)c4)cc(NC(=O)C4CC4)nc32)cc1.Cc1ccc(S(=O)(=O)n2ccc3c(Cl)cc(NC(=O)C4CC4)nc32)cc1. The second kappa shape index (κ2) is 17.3. The molecule has 0 spiro atoms. The van der Waals surface area contributed by atoms with Crippen LogP contribution < -0.4 is 10.6 Å². The Kier molecular flexibility index (Phi) is 11.7. The van der Waals surface area contributed by atoms with Crippen LogP contribution in [0.15, 0.2) is 107 Å². The minimum atomic E-state index is -3.95. The topological polar surface area (TPSA) is 209 Å². The van der Waals surface area contributed by atoms with Crippen molar-refractivity contribution in [2.45, 2.75) is 81.7 Å². The lowest BCUT2D eigenvalue weighted by molar-refractivity contribution is -0.118. The summed E-state index contributed by atoms with van der Waals surface area (Å²) in [6.07, 6.45) is 9.49. The number of nitrogens with one attached hydrogen (secondary N) is 2. The maximum absolute atomic E-state index is 13.6. The van der Waals surface area contributed by atoms with Gasteiger partial charge < -0.3 is 20.3 Å². The molecule has 67 heavy (non-hydrogen) atoms. The average Bonchev–Trinajstić information content (AvgIpc) is 4.15. The smallest absolute Gasteiger partial charge is 0.410 e. The molecule has 0 atom stereocenters. The first-order valence-corrected chi connectivity index (χ1v) is 25.0. The summed E-state index contributed by atoms with van der Waals surface area (Å²) >= 11 is 6.27. The summed E-state index contributed by atoms with van der Waals surface area (Å²) in [4.78, 5) is 47.8. The zero-order valence-corrected chi connectivity index (χ0v) is 39.7. The van der Waals surface area contributed by atoms with Crippen LogP contribution in [0, 0.1) is 25.7 Å². The minimum absolute atomic E-state index is 0.00866. The molecular formula is C47H48ClN9O8S2. The van der Waals surface area contributed by atoms with Gasteiger partial charge in [-0.05, 0) is 108 Å². The van der Waals surface area contributed by atoms with E-state index in [9.17, 15) is 31.2 Å². The molecule has 7 aromatic rings. The number of hydrogen-bond donors (Lipinski definition) is 2. The third-order valence-electron chi connectivity index (χ3n) is 11.6. The molecule has 2 aliphatic carbocycles. The van der Waals surface area contributed by atoms with Crippen LogP contribution in [-0.2, 0) is 34.4 Å². The molecule has 10 rings (SSSR count). The number of ether oxygens (including phenoxy) is 1. The van der Waals surface area contributed by atoms with Crippen LogP contribution in [0.25, 0.3) is 33.2 Å². The molecule has 0 unspecified atom stereocenters. The van der Waals surface area contributed by atoms with Crippen molar-refractivity contribution < 1.29 is 36.0 Å². The van der Waals surface area contributed by atoms with E-state index in [0.717, 1.165) is 50.3 Å². The van der Waals surface area contributed by atoms with Crippen molar-refractivity contribution in [1.82, 2.24) is 32.6 Å². The Bertz CT molecular complexity index is 3310. The van der Waals surface area contributed by atoms with Crippen LogP contribution in [0.3, 0.4) is 0 Å². The number of anilines is 2. The van der Waals surface area contributed by atoms with E-state index in [1.807, 2.05) is 40.8 Å². The number of rotatable bonds is 10. The van der Waals surface area contributed by atoms with Crippen LogP contribution in [0.2, 0.25) is 5.02 Å². The summed E-state index contributed by atoms with van der Waals surface area (Å²) in [7, 11) is -7.77. The Labute approximate surface area is 392 Å². The summed E-state index contributed by atoms with van der Waals surface area (Å²) in [6.45, 7) is 10.2. The highest BCUT2D eigenvalue weighted by atomic mass is 35.5. The van der Waals surface area contributed by atoms with Crippen molar-refractivity contribution in [3.63, 3.8) is 0 Å². The summed E-state index contributed by atoms with van der Waals surface area (Å²) in [5, 5.41) is 11.6. The number of aryl methyl sites for hydroxylation is 2. The van der Waals surface area contributed by atoms with E-state index >= 15 is 0 Å². The molecule has 5 aromatic heterocycles. The molecule has 3 aliphatic rings. The van der Waals surface area contributed by atoms with Crippen molar-refractivity contribution in [2.75, 3.05) is 23.7 Å². The molecule has 1 aliphatic heterocycles. The first-order chi connectivity index (χ1) is 31.7. The van der Waals surface area contributed by atoms with E-state index < -0.39 is 25.6 Å². The number of pyridine rings is 2. The normalized spacial score (nSPS) is 15.5. The van der Waals surface area contributed by atoms with E-state index in [4.69, 9.17) is 16.3 Å². The lowest BCUT2D eigenvalue weighted by atomic mass is 10.1. The number of hydrogen-bond acceptors (Lipinski definition) is 11. The number of nitrogens with zero attached hydrogens (tertiary/aromatic N) is 7. The Hall–Kier alpha value is -6.57. The number of aromatic nitrogens is 6. The van der Waals surface area contributed by atoms with Gasteiger partial charge in [0.15, 0.2) is 11.3 Å². The number of carbonyl (C=O) groups excluding carboxylic acids is 3. The van der Waals surface area contributed by atoms with Crippen molar-refractivity contribution in [3.8, 4) is 11.1 Å².